The molecule has 3 aromatic rings. The normalized spacial score (nSPS) is 16.2. The van der Waals surface area contributed by atoms with Gasteiger partial charge in [0.1, 0.15) is 11.3 Å². The van der Waals surface area contributed by atoms with E-state index in [0.29, 0.717) is 23.1 Å². The van der Waals surface area contributed by atoms with Crippen LogP contribution in [0.2, 0.25) is 10.3 Å². The van der Waals surface area contributed by atoms with Gasteiger partial charge in [-0.3, -0.25) is 0 Å². The van der Waals surface area contributed by atoms with Crippen LogP contribution in [0.1, 0.15) is 24.8 Å². The lowest BCUT2D eigenvalue weighted by Gasteiger charge is -2.09. The second-order valence-electron chi connectivity index (χ2n) is 5.99. The van der Waals surface area contributed by atoms with Gasteiger partial charge in [-0.25, -0.2) is 4.98 Å². The van der Waals surface area contributed by atoms with E-state index in [4.69, 9.17) is 28.9 Å². The van der Waals surface area contributed by atoms with Crippen LogP contribution in [0.4, 0.5) is 5.82 Å². The number of nitrogens with one attached hydrogen (secondary N) is 1. The van der Waals surface area contributed by atoms with Crippen LogP contribution in [0.5, 0.6) is 0 Å². The Morgan fingerprint density at radius 3 is 2.62 bits per heavy atom. The summed E-state index contributed by atoms with van der Waals surface area (Å²) in [5.74, 6) is 0.718. The van der Waals surface area contributed by atoms with Crippen LogP contribution < -0.4 is 11.1 Å². The summed E-state index contributed by atoms with van der Waals surface area (Å²) in [6, 6.07) is 10.5. The van der Waals surface area contributed by atoms with Crippen molar-refractivity contribution >= 4 is 50.6 Å². The van der Waals surface area contributed by atoms with Gasteiger partial charge in [0.15, 0.2) is 0 Å². The molecule has 26 heavy (non-hydrogen) atoms. The van der Waals surface area contributed by atoms with E-state index in [1.807, 2.05) is 35.7 Å². The zero-order chi connectivity index (χ0) is 18.4. The summed E-state index contributed by atoms with van der Waals surface area (Å²) in [7, 11) is 0. The van der Waals surface area contributed by atoms with E-state index < -0.39 is 0 Å². The molecule has 4 nitrogen and oxygen atoms in total. The second kappa shape index (κ2) is 9.33. The monoisotopic (exact) mass is 406 g/mol. The number of nitrogens with two attached hydrogens (primary N) is 1. The van der Waals surface area contributed by atoms with Crippen LogP contribution in [0.15, 0.2) is 47.9 Å². The average Bonchev–Trinajstić information content (AvgIpc) is 3.03. The van der Waals surface area contributed by atoms with E-state index in [1.54, 1.807) is 0 Å². The number of hydrogen-bond acceptors (Lipinski definition) is 5. The van der Waals surface area contributed by atoms with Gasteiger partial charge in [0.25, 0.3) is 0 Å². The predicted molar refractivity (Wildman–Crippen MR) is 112 cm³/mol. The second-order valence-corrected chi connectivity index (χ2v) is 7.61. The van der Waals surface area contributed by atoms with E-state index in [9.17, 15) is 0 Å². The third-order valence-electron chi connectivity index (χ3n) is 3.96. The first-order chi connectivity index (χ1) is 12.6. The van der Waals surface area contributed by atoms with Crippen LogP contribution in [0.25, 0.3) is 10.2 Å². The Hall–Kier alpha value is -1.66. The van der Waals surface area contributed by atoms with Crippen molar-refractivity contribution in [3.8, 4) is 0 Å². The molecule has 0 amide bonds. The molecule has 1 unspecified atom stereocenters. The molecule has 4 rings (SSSR count). The highest BCUT2D eigenvalue weighted by molar-refractivity contribution is 7.18. The number of halogens is 2. The lowest BCUT2D eigenvalue weighted by atomic mass is 10.0. The number of rotatable bonds is 3. The summed E-state index contributed by atoms with van der Waals surface area (Å²) in [6.45, 7) is 0.679. The fourth-order valence-corrected chi connectivity index (χ4v) is 3.91. The Balaban J connectivity index is 0.000000236. The van der Waals surface area contributed by atoms with E-state index in [-0.39, 0.29) is 5.28 Å². The SMILES string of the molecule is Clc1nc(NCc2ccccc2)c2scc(Cl)c2n1.NC1CC=CCC1. The number of nitrogens with zero attached hydrogens (tertiary/aromatic N) is 2. The van der Waals surface area contributed by atoms with Gasteiger partial charge in [-0.15, -0.1) is 11.3 Å². The van der Waals surface area contributed by atoms with Gasteiger partial charge in [-0.2, -0.15) is 4.98 Å². The lowest BCUT2D eigenvalue weighted by molar-refractivity contribution is 0.606. The molecule has 2 aromatic heterocycles. The highest BCUT2D eigenvalue weighted by atomic mass is 35.5. The molecular formula is C19H20Cl2N4S. The molecule has 1 aliphatic carbocycles. The minimum Gasteiger partial charge on any atom is -0.365 e. The fraction of sp³-hybridized carbons (Fsp3) is 0.263. The first-order valence-corrected chi connectivity index (χ1v) is 10.1. The van der Waals surface area contributed by atoms with Crippen molar-refractivity contribution < 1.29 is 0 Å². The number of anilines is 1. The smallest absolute Gasteiger partial charge is 0.225 e. The van der Waals surface area contributed by atoms with Crippen LogP contribution in [-0.2, 0) is 6.54 Å². The maximum absolute atomic E-state index is 6.07. The first kappa shape index (κ1) is 19.1. The molecule has 1 atom stereocenters. The van der Waals surface area contributed by atoms with Crippen molar-refractivity contribution in [3.05, 3.63) is 63.7 Å². The van der Waals surface area contributed by atoms with Gasteiger partial charge in [0.05, 0.1) is 9.72 Å². The fourth-order valence-electron chi connectivity index (χ4n) is 2.58. The van der Waals surface area contributed by atoms with Gasteiger partial charge >= 0.3 is 0 Å². The number of benzene rings is 1. The molecule has 0 saturated carbocycles. The quantitative estimate of drug-likeness (QED) is 0.434. The first-order valence-electron chi connectivity index (χ1n) is 8.42. The van der Waals surface area contributed by atoms with Gasteiger partial charge < -0.3 is 11.1 Å². The molecule has 1 aliphatic rings. The molecule has 7 heteroatoms. The van der Waals surface area contributed by atoms with Crippen molar-refractivity contribution in [1.29, 1.82) is 0 Å². The Kier molecular flexibility index (Phi) is 6.86. The highest BCUT2D eigenvalue weighted by Gasteiger charge is 2.11. The van der Waals surface area contributed by atoms with Crippen molar-refractivity contribution in [2.75, 3.05) is 5.32 Å². The van der Waals surface area contributed by atoms with Gasteiger partial charge in [0.2, 0.25) is 5.28 Å². The Morgan fingerprint density at radius 2 is 1.96 bits per heavy atom. The van der Waals surface area contributed by atoms with Crippen molar-refractivity contribution in [3.63, 3.8) is 0 Å². The number of thiophene rings is 1. The van der Waals surface area contributed by atoms with E-state index >= 15 is 0 Å². The molecule has 3 N–H and O–H groups in total. The Morgan fingerprint density at radius 1 is 1.15 bits per heavy atom. The number of fused-ring (bicyclic) bond motifs is 1. The largest absolute Gasteiger partial charge is 0.365 e. The van der Waals surface area contributed by atoms with Crippen LogP contribution in [0, 0.1) is 0 Å². The molecule has 0 saturated heterocycles. The third kappa shape index (κ3) is 5.17. The molecule has 0 bridgehead atoms. The maximum atomic E-state index is 6.07. The van der Waals surface area contributed by atoms with Crippen LogP contribution in [0.3, 0.4) is 0 Å². The molecule has 0 spiro atoms. The summed E-state index contributed by atoms with van der Waals surface area (Å²) < 4.78 is 0.922. The van der Waals surface area contributed by atoms with Gasteiger partial charge in [0, 0.05) is 18.0 Å². The highest BCUT2D eigenvalue weighted by Crippen LogP contribution is 2.33. The van der Waals surface area contributed by atoms with E-state index in [1.165, 1.54) is 29.7 Å². The Bertz CT molecular complexity index is 880. The summed E-state index contributed by atoms with van der Waals surface area (Å²) in [4.78, 5) is 8.37. The molecule has 136 valence electrons. The molecule has 2 heterocycles. The molecule has 0 radical (unpaired) electrons. The zero-order valence-electron chi connectivity index (χ0n) is 14.2. The molecule has 1 aromatic carbocycles. The van der Waals surface area contributed by atoms with Crippen molar-refractivity contribution in [1.82, 2.24) is 9.97 Å². The summed E-state index contributed by atoms with van der Waals surface area (Å²) >= 11 is 13.5. The molecule has 0 fully saturated rings. The topological polar surface area (TPSA) is 63.8 Å². The summed E-state index contributed by atoms with van der Waals surface area (Å²) in [5.41, 5.74) is 7.45. The van der Waals surface area contributed by atoms with Crippen molar-refractivity contribution in [2.24, 2.45) is 5.73 Å². The summed E-state index contributed by atoms with van der Waals surface area (Å²) in [5, 5.41) is 5.91. The van der Waals surface area contributed by atoms with E-state index in [0.717, 1.165) is 16.9 Å². The zero-order valence-corrected chi connectivity index (χ0v) is 16.5. The van der Waals surface area contributed by atoms with Gasteiger partial charge in [-0.1, -0.05) is 54.1 Å². The standard InChI is InChI=1S/C13H9Cl2N3S.C6H11N/c14-9-7-19-11-10(9)17-13(15)18-12(11)16-6-8-4-2-1-3-5-8;7-6-4-2-1-3-5-6/h1-5,7H,6H2,(H,16,17,18);1-2,6H,3-5,7H2. The van der Waals surface area contributed by atoms with Gasteiger partial charge in [-0.05, 0) is 36.4 Å². The van der Waals surface area contributed by atoms with Crippen LogP contribution >= 0.6 is 34.5 Å². The average molecular weight is 407 g/mol. The number of allylic oxidation sites excluding steroid dienone is 1. The van der Waals surface area contributed by atoms with E-state index in [2.05, 4.69) is 27.4 Å². The number of hydrogen-bond donors (Lipinski definition) is 2. The summed E-state index contributed by atoms with van der Waals surface area (Å²) in [6.07, 6.45) is 7.80. The van der Waals surface area contributed by atoms with Crippen LogP contribution in [-0.4, -0.2) is 16.0 Å². The Labute approximate surface area is 167 Å². The lowest BCUT2D eigenvalue weighted by Crippen LogP contribution is -2.19. The predicted octanol–water partition coefficient (Wildman–Crippen LogP) is 5.66. The maximum Gasteiger partial charge on any atom is 0.225 e. The minimum absolute atomic E-state index is 0.198. The molecular weight excluding hydrogens is 387 g/mol. The molecule has 0 aliphatic heterocycles. The third-order valence-corrected chi connectivity index (χ3v) is 5.52. The van der Waals surface area contributed by atoms with Crippen molar-refractivity contribution in [2.45, 2.75) is 31.8 Å². The minimum atomic E-state index is 0.198. The number of aromatic nitrogens is 2.